The molecule has 2 aromatic carbocycles. The van der Waals surface area contributed by atoms with E-state index in [1.54, 1.807) is 31.2 Å². The van der Waals surface area contributed by atoms with E-state index < -0.39 is 0 Å². The molecule has 0 saturated carbocycles. The molecule has 0 spiro atoms. The van der Waals surface area contributed by atoms with Gasteiger partial charge >= 0.3 is 5.97 Å². The number of nitrogens with zero attached hydrogens (tertiary/aromatic N) is 3. The molecule has 0 aliphatic heterocycles. The lowest BCUT2D eigenvalue weighted by molar-refractivity contribution is -0.131. The quantitative estimate of drug-likeness (QED) is 0.211. The lowest BCUT2D eigenvalue weighted by atomic mass is 10.1. The zero-order chi connectivity index (χ0) is 20.8. The number of fused-ring (bicyclic) bond motifs is 1. The highest BCUT2D eigenvalue weighted by Gasteiger charge is 2.11. The largest absolute Gasteiger partial charge is 0.427 e. The topological polar surface area (TPSA) is 85.6 Å². The number of imidazole rings is 1. The molecule has 3 aromatic rings. The summed E-state index contributed by atoms with van der Waals surface area (Å²) in [6.07, 6.45) is 0. The third-order valence-corrected chi connectivity index (χ3v) is 5.13. The molecular weight excluding hydrogens is 388 g/mol. The fourth-order valence-corrected chi connectivity index (χ4v) is 3.64. The molecular formula is C21H22N4O3S. The minimum absolute atomic E-state index is 0.208. The summed E-state index contributed by atoms with van der Waals surface area (Å²) >= 11 is 1.38. The molecule has 29 heavy (non-hydrogen) atoms. The second-order valence-corrected chi connectivity index (χ2v) is 7.21. The third-order valence-electron chi connectivity index (χ3n) is 4.15. The number of benzene rings is 2. The Kier molecular flexibility index (Phi) is 6.66. The SMILES string of the molecule is CCn1c(SCC(=O)N/N=C(/C)c2ccc(OC(C)=O)cc2)nc2ccccc21. The van der Waals surface area contributed by atoms with Crippen molar-refractivity contribution in [1.82, 2.24) is 15.0 Å². The number of ether oxygens (including phenoxy) is 1. The van der Waals surface area contributed by atoms with Gasteiger partial charge in [-0.3, -0.25) is 9.59 Å². The molecule has 0 aliphatic carbocycles. The monoisotopic (exact) mass is 410 g/mol. The van der Waals surface area contributed by atoms with Crippen LogP contribution in [0.2, 0.25) is 0 Å². The molecule has 1 heterocycles. The zero-order valence-electron chi connectivity index (χ0n) is 16.5. The Morgan fingerprint density at radius 2 is 1.86 bits per heavy atom. The Labute approximate surface area is 173 Å². The van der Waals surface area contributed by atoms with E-state index in [1.807, 2.05) is 24.3 Å². The number of amides is 1. The van der Waals surface area contributed by atoms with Gasteiger partial charge in [-0.05, 0) is 55.8 Å². The van der Waals surface area contributed by atoms with Gasteiger partial charge in [0, 0.05) is 13.5 Å². The van der Waals surface area contributed by atoms with E-state index in [1.165, 1.54) is 18.7 Å². The number of hydrogen-bond donors (Lipinski definition) is 1. The first-order valence-corrected chi connectivity index (χ1v) is 10.2. The van der Waals surface area contributed by atoms with Crippen LogP contribution in [-0.4, -0.2) is 32.9 Å². The molecule has 0 bridgehead atoms. The maximum absolute atomic E-state index is 12.2. The molecule has 0 atom stereocenters. The Balaban J connectivity index is 1.59. The molecule has 0 saturated heterocycles. The van der Waals surface area contributed by atoms with Crippen LogP contribution < -0.4 is 10.2 Å². The Bertz CT molecular complexity index is 1060. The first-order chi connectivity index (χ1) is 14.0. The summed E-state index contributed by atoms with van der Waals surface area (Å²) in [6.45, 7) is 5.98. The number of carbonyl (C=O) groups is 2. The van der Waals surface area contributed by atoms with Crippen molar-refractivity contribution in [2.24, 2.45) is 5.10 Å². The van der Waals surface area contributed by atoms with E-state index >= 15 is 0 Å². The van der Waals surface area contributed by atoms with E-state index in [-0.39, 0.29) is 17.6 Å². The predicted octanol–water partition coefficient (Wildman–Crippen LogP) is 3.61. The van der Waals surface area contributed by atoms with Crippen LogP contribution >= 0.6 is 11.8 Å². The number of aromatic nitrogens is 2. The van der Waals surface area contributed by atoms with Crippen LogP contribution in [0.1, 0.15) is 26.3 Å². The van der Waals surface area contributed by atoms with Gasteiger partial charge < -0.3 is 9.30 Å². The lowest BCUT2D eigenvalue weighted by Crippen LogP contribution is -2.21. The Hall–Kier alpha value is -3.13. The van der Waals surface area contributed by atoms with Crippen molar-refractivity contribution in [2.75, 3.05) is 5.75 Å². The molecule has 1 aromatic heterocycles. The van der Waals surface area contributed by atoms with Crippen molar-refractivity contribution in [2.45, 2.75) is 32.5 Å². The van der Waals surface area contributed by atoms with Crippen LogP contribution in [0.15, 0.2) is 58.8 Å². The molecule has 3 rings (SSSR count). The molecule has 7 nitrogen and oxygen atoms in total. The number of aryl methyl sites for hydroxylation is 1. The van der Waals surface area contributed by atoms with Gasteiger partial charge in [-0.25, -0.2) is 10.4 Å². The van der Waals surface area contributed by atoms with Gasteiger partial charge in [-0.1, -0.05) is 23.9 Å². The summed E-state index contributed by atoms with van der Waals surface area (Å²) < 4.78 is 7.09. The molecule has 0 aliphatic rings. The van der Waals surface area contributed by atoms with Crippen molar-refractivity contribution in [3.05, 3.63) is 54.1 Å². The first kappa shape index (κ1) is 20.6. The van der Waals surface area contributed by atoms with Crippen LogP contribution in [-0.2, 0) is 16.1 Å². The number of hydrazone groups is 1. The minimum Gasteiger partial charge on any atom is -0.427 e. The van der Waals surface area contributed by atoms with Crippen molar-refractivity contribution >= 4 is 40.4 Å². The highest BCUT2D eigenvalue weighted by atomic mass is 32.2. The second-order valence-electron chi connectivity index (χ2n) is 6.27. The third kappa shape index (κ3) is 5.23. The number of para-hydroxylation sites is 2. The first-order valence-electron chi connectivity index (χ1n) is 9.18. The van der Waals surface area contributed by atoms with E-state index in [0.29, 0.717) is 11.5 Å². The van der Waals surface area contributed by atoms with Gasteiger partial charge in [0.25, 0.3) is 5.91 Å². The van der Waals surface area contributed by atoms with E-state index in [4.69, 9.17) is 4.74 Å². The van der Waals surface area contributed by atoms with Crippen LogP contribution in [0.3, 0.4) is 0 Å². The van der Waals surface area contributed by atoms with Crippen LogP contribution in [0.25, 0.3) is 11.0 Å². The van der Waals surface area contributed by atoms with Gasteiger partial charge in [0.15, 0.2) is 5.16 Å². The molecule has 1 N–H and O–H groups in total. The highest BCUT2D eigenvalue weighted by molar-refractivity contribution is 7.99. The summed E-state index contributed by atoms with van der Waals surface area (Å²) in [5.41, 5.74) is 6.03. The Morgan fingerprint density at radius 3 is 2.55 bits per heavy atom. The summed E-state index contributed by atoms with van der Waals surface area (Å²) in [4.78, 5) is 27.8. The van der Waals surface area contributed by atoms with Gasteiger partial charge in [0.05, 0.1) is 22.5 Å². The number of hydrogen-bond acceptors (Lipinski definition) is 6. The van der Waals surface area contributed by atoms with E-state index in [2.05, 4.69) is 27.0 Å². The highest BCUT2D eigenvalue weighted by Crippen LogP contribution is 2.23. The number of thioether (sulfide) groups is 1. The number of carbonyl (C=O) groups excluding carboxylic acids is 2. The standard InChI is InChI=1S/C21H22N4O3S/c1-4-25-19-8-6-5-7-18(19)22-21(25)29-13-20(27)24-23-14(2)16-9-11-17(12-10-16)28-15(3)26/h5-12H,4,13H2,1-3H3,(H,24,27)/b23-14-. The molecule has 150 valence electrons. The molecule has 1 amide bonds. The van der Waals surface area contributed by atoms with Crippen LogP contribution in [0.5, 0.6) is 5.75 Å². The zero-order valence-corrected chi connectivity index (χ0v) is 17.3. The van der Waals surface area contributed by atoms with Crippen molar-refractivity contribution < 1.29 is 14.3 Å². The smallest absolute Gasteiger partial charge is 0.308 e. The molecule has 0 unspecified atom stereocenters. The number of esters is 1. The Morgan fingerprint density at radius 1 is 1.14 bits per heavy atom. The number of nitrogens with one attached hydrogen (secondary N) is 1. The minimum atomic E-state index is -0.371. The maximum Gasteiger partial charge on any atom is 0.308 e. The fourth-order valence-electron chi connectivity index (χ4n) is 2.77. The van der Waals surface area contributed by atoms with Gasteiger partial charge in [0.1, 0.15) is 5.75 Å². The van der Waals surface area contributed by atoms with Gasteiger partial charge in [0.2, 0.25) is 0 Å². The van der Waals surface area contributed by atoms with Gasteiger partial charge in [-0.2, -0.15) is 5.10 Å². The van der Waals surface area contributed by atoms with Crippen LogP contribution in [0.4, 0.5) is 0 Å². The second kappa shape index (κ2) is 9.38. The maximum atomic E-state index is 12.2. The number of rotatable bonds is 7. The lowest BCUT2D eigenvalue weighted by Gasteiger charge is -2.06. The van der Waals surface area contributed by atoms with Crippen molar-refractivity contribution in [3.63, 3.8) is 0 Å². The summed E-state index contributed by atoms with van der Waals surface area (Å²) in [5, 5.41) is 4.96. The van der Waals surface area contributed by atoms with E-state index in [9.17, 15) is 9.59 Å². The normalized spacial score (nSPS) is 11.5. The van der Waals surface area contributed by atoms with E-state index in [0.717, 1.165) is 28.3 Å². The van der Waals surface area contributed by atoms with Gasteiger partial charge in [-0.15, -0.1) is 0 Å². The van der Waals surface area contributed by atoms with Crippen molar-refractivity contribution in [1.29, 1.82) is 0 Å². The predicted molar refractivity (Wildman–Crippen MR) is 114 cm³/mol. The summed E-state index contributed by atoms with van der Waals surface area (Å²) in [6, 6.07) is 14.8. The molecule has 0 radical (unpaired) electrons. The van der Waals surface area contributed by atoms with Crippen molar-refractivity contribution in [3.8, 4) is 5.75 Å². The average Bonchev–Trinajstić information content (AvgIpc) is 3.08. The summed E-state index contributed by atoms with van der Waals surface area (Å²) in [7, 11) is 0. The fraction of sp³-hybridized carbons (Fsp3) is 0.238. The summed E-state index contributed by atoms with van der Waals surface area (Å²) in [5.74, 6) is 0.101. The van der Waals surface area contributed by atoms with Crippen LogP contribution in [0, 0.1) is 0 Å². The average molecular weight is 410 g/mol. The molecule has 0 fully saturated rings. The molecule has 8 heteroatoms.